The van der Waals surface area contributed by atoms with Crippen molar-refractivity contribution in [3.8, 4) is 0 Å². The number of hydrogen-bond donors (Lipinski definition) is 0. The highest BCUT2D eigenvalue weighted by Gasteiger charge is 2.35. The Morgan fingerprint density at radius 1 is 0.968 bits per heavy atom. The monoisotopic (exact) mass is 498 g/mol. The molecule has 9 heteroatoms. The van der Waals surface area contributed by atoms with E-state index in [4.69, 9.17) is 0 Å². The second-order valence-corrected chi connectivity index (χ2v) is 7.73. The Morgan fingerprint density at radius 2 is 1.65 bits per heavy atom. The lowest BCUT2D eigenvalue weighted by Crippen LogP contribution is -2.43. The molecule has 0 bridgehead atoms. The van der Waals surface area contributed by atoms with Crippen LogP contribution in [-0.4, -0.2) is 9.13 Å². The van der Waals surface area contributed by atoms with E-state index in [0.717, 1.165) is 32.9 Å². The van der Waals surface area contributed by atoms with Crippen LogP contribution in [-0.2, 0) is 32.1 Å². The molecule has 4 nitrogen and oxygen atoms in total. The topological polar surface area (TPSA) is 44.0 Å². The highest BCUT2D eigenvalue weighted by molar-refractivity contribution is 9.10. The summed E-state index contributed by atoms with van der Waals surface area (Å²) in [6.45, 7) is 1.05. The Balaban J connectivity index is 2.12. The Kier molecular flexibility index (Phi) is 6.83. The second-order valence-electron chi connectivity index (χ2n) is 6.94. The SMILES string of the molecule is CCc1c(Br)c(=O)n(CCc2ccccc2)c(=O)n1Cc1c(F)cccc1C(F)(F)F. The molecule has 0 saturated carbocycles. The standard InChI is InChI=1S/C22H19BrF4N2O2/c1-2-18-19(23)20(30)28(12-11-14-7-4-3-5-8-14)21(31)29(18)13-15-16(22(25,26)27)9-6-10-17(15)24/h3-10H,2,11-13H2,1H3. The van der Waals surface area contributed by atoms with Gasteiger partial charge in [0.2, 0.25) is 0 Å². The Hall–Kier alpha value is -2.68. The molecule has 0 aliphatic heterocycles. The van der Waals surface area contributed by atoms with Crippen molar-refractivity contribution in [3.63, 3.8) is 0 Å². The number of alkyl halides is 3. The molecule has 0 radical (unpaired) electrons. The fourth-order valence-electron chi connectivity index (χ4n) is 3.44. The van der Waals surface area contributed by atoms with Gasteiger partial charge in [-0.25, -0.2) is 9.18 Å². The Labute approximate surface area is 183 Å². The molecule has 2 aromatic carbocycles. The number of aryl methyl sites for hydroxylation is 1. The van der Waals surface area contributed by atoms with Gasteiger partial charge >= 0.3 is 11.9 Å². The van der Waals surface area contributed by atoms with Crippen LogP contribution in [0.2, 0.25) is 0 Å². The van der Waals surface area contributed by atoms with E-state index in [9.17, 15) is 27.2 Å². The van der Waals surface area contributed by atoms with Crippen LogP contribution >= 0.6 is 15.9 Å². The molecule has 0 aliphatic rings. The van der Waals surface area contributed by atoms with Crippen LogP contribution in [0.1, 0.15) is 29.3 Å². The highest BCUT2D eigenvalue weighted by Crippen LogP contribution is 2.33. The summed E-state index contributed by atoms with van der Waals surface area (Å²) in [4.78, 5) is 25.9. The fraction of sp³-hybridized carbons (Fsp3) is 0.273. The molecule has 3 rings (SSSR count). The maximum Gasteiger partial charge on any atom is 0.416 e. The van der Waals surface area contributed by atoms with Crippen LogP contribution in [0.5, 0.6) is 0 Å². The first-order valence-corrected chi connectivity index (χ1v) is 10.3. The van der Waals surface area contributed by atoms with Gasteiger partial charge in [-0.2, -0.15) is 13.2 Å². The number of benzene rings is 2. The molecule has 0 spiro atoms. The largest absolute Gasteiger partial charge is 0.416 e. The molecule has 0 atom stereocenters. The predicted octanol–water partition coefficient (Wildman–Crippen LogP) is 4.78. The third kappa shape index (κ3) is 4.81. The van der Waals surface area contributed by atoms with Crippen LogP contribution < -0.4 is 11.2 Å². The van der Waals surface area contributed by atoms with E-state index < -0.39 is 40.9 Å². The molecule has 31 heavy (non-hydrogen) atoms. The Morgan fingerprint density at radius 3 is 2.26 bits per heavy atom. The number of nitrogens with zero attached hydrogens (tertiary/aromatic N) is 2. The summed E-state index contributed by atoms with van der Waals surface area (Å²) < 4.78 is 56.7. The molecule has 1 aromatic heterocycles. The van der Waals surface area contributed by atoms with Crippen molar-refractivity contribution >= 4 is 15.9 Å². The van der Waals surface area contributed by atoms with Crippen molar-refractivity contribution in [2.75, 3.05) is 0 Å². The summed E-state index contributed by atoms with van der Waals surface area (Å²) in [5.41, 5.74) is -2.05. The van der Waals surface area contributed by atoms with Gasteiger partial charge < -0.3 is 0 Å². The van der Waals surface area contributed by atoms with E-state index in [1.807, 2.05) is 30.3 Å². The minimum Gasteiger partial charge on any atom is -0.292 e. The average molecular weight is 499 g/mol. The van der Waals surface area contributed by atoms with E-state index in [1.165, 1.54) is 0 Å². The third-order valence-corrected chi connectivity index (χ3v) is 5.81. The summed E-state index contributed by atoms with van der Waals surface area (Å²) in [5.74, 6) is -1.07. The predicted molar refractivity (Wildman–Crippen MR) is 113 cm³/mol. The average Bonchev–Trinajstić information content (AvgIpc) is 2.73. The lowest BCUT2D eigenvalue weighted by molar-refractivity contribution is -0.138. The van der Waals surface area contributed by atoms with Gasteiger partial charge in [0.05, 0.1) is 12.1 Å². The van der Waals surface area contributed by atoms with Gasteiger partial charge in [0.1, 0.15) is 10.3 Å². The minimum atomic E-state index is -4.79. The number of aromatic nitrogens is 2. The first-order chi connectivity index (χ1) is 14.6. The molecule has 0 aliphatic carbocycles. The fourth-order valence-corrected chi connectivity index (χ4v) is 4.15. The van der Waals surface area contributed by atoms with Crippen molar-refractivity contribution in [1.82, 2.24) is 9.13 Å². The maximum atomic E-state index is 14.4. The lowest BCUT2D eigenvalue weighted by Gasteiger charge is -2.19. The number of rotatable bonds is 6. The molecule has 0 amide bonds. The molecule has 0 saturated heterocycles. The van der Waals surface area contributed by atoms with Gasteiger partial charge in [0.25, 0.3) is 5.56 Å². The summed E-state index contributed by atoms with van der Waals surface area (Å²) in [5, 5.41) is 0. The number of halogens is 5. The van der Waals surface area contributed by atoms with Gasteiger partial charge in [-0.15, -0.1) is 0 Å². The lowest BCUT2D eigenvalue weighted by atomic mass is 10.1. The molecule has 0 N–H and O–H groups in total. The number of hydrogen-bond acceptors (Lipinski definition) is 2. The molecule has 164 valence electrons. The molecule has 1 heterocycles. The van der Waals surface area contributed by atoms with Crippen LogP contribution in [0.15, 0.2) is 62.6 Å². The smallest absolute Gasteiger partial charge is 0.292 e. The third-order valence-electron chi connectivity index (χ3n) is 5.02. The van der Waals surface area contributed by atoms with Gasteiger partial charge in [0, 0.05) is 17.8 Å². The highest BCUT2D eigenvalue weighted by atomic mass is 79.9. The van der Waals surface area contributed by atoms with Gasteiger partial charge in [-0.1, -0.05) is 43.3 Å². The van der Waals surface area contributed by atoms with Gasteiger partial charge in [-0.05, 0) is 46.5 Å². The zero-order valence-electron chi connectivity index (χ0n) is 16.5. The van der Waals surface area contributed by atoms with Crippen LogP contribution in [0.3, 0.4) is 0 Å². The second kappa shape index (κ2) is 9.21. The zero-order valence-corrected chi connectivity index (χ0v) is 18.1. The summed E-state index contributed by atoms with van der Waals surface area (Å²) in [6, 6.07) is 11.8. The Bertz CT molecular complexity index is 1200. The maximum absolute atomic E-state index is 14.4. The summed E-state index contributed by atoms with van der Waals surface area (Å²) >= 11 is 3.18. The summed E-state index contributed by atoms with van der Waals surface area (Å²) in [6.07, 6.45) is -4.21. The van der Waals surface area contributed by atoms with Crippen LogP contribution in [0.25, 0.3) is 0 Å². The van der Waals surface area contributed by atoms with Crippen molar-refractivity contribution in [2.24, 2.45) is 0 Å². The molecular weight excluding hydrogens is 480 g/mol. The van der Waals surface area contributed by atoms with Gasteiger partial charge in [-0.3, -0.25) is 13.9 Å². The molecule has 0 fully saturated rings. The minimum absolute atomic E-state index is 0.0354. The zero-order chi connectivity index (χ0) is 22.8. The van der Waals surface area contributed by atoms with E-state index in [0.29, 0.717) is 6.42 Å². The van der Waals surface area contributed by atoms with E-state index in [-0.39, 0.29) is 23.1 Å². The van der Waals surface area contributed by atoms with Crippen molar-refractivity contribution in [3.05, 3.63) is 102 Å². The first-order valence-electron chi connectivity index (χ1n) is 9.55. The van der Waals surface area contributed by atoms with E-state index in [1.54, 1.807) is 6.92 Å². The van der Waals surface area contributed by atoms with Crippen molar-refractivity contribution < 1.29 is 17.6 Å². The van der Waals surface area contributed by atoms with Crippen LogP contribution in [0, 0.1) is 5.82 Å². The van der Waals surface area contributed by atoms with Crippen LogP contribution in [0.4, 0.5) is 17.6 Å². The van der Waals surface area contributed by atoms with E-state index >= 15 is 0 Å². The molecule has 3 aromatic rings. The van der Waals surface area contributed by atoms with Gasteiger partial charge in [0.15, 0.2) is 0 Å². The first kappa shape index (κ1) is 23.0. The van der Waals surface area contributed by atoms with Crippen molar-refractivity contribution in [1.29, 1.82) is 0 Å². The molecule has 0 unspecified atom stereocenters. The quantitative estimate of drug-likeness (QED) is 0.459. The normalized spacial score (nSPS) is 11.7. The molecular formula is C22H19BrF4N2O2. The van der Waals surface area contributed by atoms with E-state index in [2.05, 4.69) is 15.9 Å². The van der Waals surface area contributed by atoms with Crippen molar-refractivity contribution in [2.45, 2.75) is 39.0 Å². The summed E-state index contributed by atoms with van der Waals surface area (Å²) in [7, 11) is 0.